The van der Waals surface area contributed by atoms with Gasteiger partial charge >= 0.3 is 0 Å². The van der Waals surface area contributed by atoms with Crippen LogP contribution in [0.5, 0.6) is 0 Å². The van der Waals surface area contributed by atoms with Crippen molar-refractivity contribution in [3.05, 3.63) is 22.6 Å². The summed E-state index contributed by atoms with van der Waals surface area (Å²) < 4.78 is 5.71. The standard InChI is InChI=1S/C16H25NO/c1-9-10(2)18-11(3)16(9)15(17)8-14-7-12-4-5-13(14)6-12/h12-15H,4-8,17H2,1-3H3. The lowest BCUT2D eigenvalue weighted by Crippen LogP contribution is -2.20. The van der Waals surface area contributed by atoms with Crippen molar-refractivity contribution in [3.63, 3.8) is 0 Å². The van der Waals surface area contributed by atoms with Gasteiger partial charge in [-0.05, 0) is 69.8 Å². The molecule has 1 aromatic rings. The van der Waals surface area contributed by atoms with Gasteiger partial charge in [0.1, 0.15) is 11.5 Å². The highest BCUT2D eigenvalue weighted by Crippen LogP contribution is 2.51. The molecular formula is C16H25NO. The smallest absolute Gasteiger partial charge is 0.106 e. The Balaban J connectivity index is 1.73. The van der Waals surface area contributed by atoms with Crippen molar-refractivity contribution in [1.29, 1.82) is 0 Å². The number of hydrogen-bond acceptors (Lipinski definition) is 2. The summed E-state index contributed by atoms with van der Waals surface area (Å²) in [6.07, 6.45) is 6.97. The summed E-state index contributed by atoms with van der Waals surface area (Å²) in [5.74, 6) is 4.91. The maximum atomic E-state index is 6.46. The molecule has 4 atom stereocenters. The van der Waals surface area contributed by atoms with Crippen molar-refractivity contribution < 1.29 is 4.42 Å². The zero-order valence-electron chi connectivity index (χ0n) is 11.8. The van der Waals surface area contributed by atoms with E-state index in [1.807, 2.05) is 6.92 Å². The van der Waals surface area contributed by atoms with Gasteiger partial charge in [-0.2, -0.15) is 0 Å². The lowest BCUT2D eigenvalue weighted by atomic mass is 9.82. The van der Waals surface area contributed by atoms with Crippen molar-refractivity contribution in [2.75, 3.05) is 0 Å². The fourth-order valence-electron chi connectivity index (χ4n) is 4.46. The first-order chi connectivity index (χ1) is 8.56. The maximum absolute atomic E-state index is 6.46. The Morgan fingerprint density at radius 2 is 1.94 bits per heavy atom. The van der Waals surface area contributed by atoms with Gasteiger partial charge in [0.15, 0.2) is 0 Å². The third kappa shape index (κ3) is 1.91. The lowest BCUT2D eigenvalue weighted by Gasteiger charge is -2.25. The number of nitrogens with two attached hydrogens (primary N) is 1. The van der Waals surface area contributed by atoms with Crippen LogP contribution in [0.1, 0.15) is 60.8 Å². The van der Waals surface area contributed by atoms with E-state index in [9.17, 15) is 0 Å². The largest absolute Gasteiger partial charge is 0.466 e. The summed E-state index contributed by atoms with van der Waals surface area (Å²) in [6.45, 7) is 6.23. The third-order valence-corrected chi connectivity index (χ3v) is 5.43. The van der Waals surface area contributed by atoms with Crippen molar-refractivity contribution >= 4 is 0 Å². The number of aryl methyl sites for hydroxylation is 2. The van der Waals surface area contributed by atoms with E-state index < -0.39 is 0 Å². The molecule has 2 fully saturated rings. The fourth-order valence-corrected chi connectivity index (χ4v) is 4.46. The monoisotopic (exact) mass is 247 g/mol. The molecule has 0 spiro atoms. The van der Waals surface area contributed by atoms with Crippen molar-refractivity contribution in [1.82, 2.24) is 0 Å². The molecule has 1 aromatic heterocycles. The van der Waals surface area contributed by atoms with Gasteiger partial charge in [-0.3, -0.25) is 0 Å². The molecule has 0 saturated heterocycles. The van der Waals surface area contributed by atoms with E-state index in [1.165, 1.54) is 36.8 Å². The molecule has 2 aliphatic carbocycles. The SMILES string of the molecule is Cc1oc(C)c(C(N)CC2CC3CCC2C3)c1C. The summed E-state index contributed by atoms with van der Waals surface area (Å²) in [5.41, 5.74) is 9.00. The zero-order valence-corrected chi connectivity index (χ0v) is 11.8. The number of fused-ring (bicyclic) bond motifs is 2. The molecule has 2 saturated carbocycles. The average Bonchev–Trinajstić information content (AvgIpc) is 2.95. The fraction of sp³-hybridized carbons (Fsp3) is 0.750. The maximum Gasteiger partial charge on any atom is 0.106 e. The van der Waals surface area contributed by atoms with Crippen molar-refractivity contribution in [2.24, 2.45) is 23.5 Å². The van der Waals surface area contributed by atoms with Crippen LogP contribution in [0, 0.1) is 38.5 Å². The zero-order chi connectivity index (χ0) is 12.9. The highest BCUT2D eigenvalue weighted by Gasteiger charge is 2.40. The topological polar surface area (TPSA) is 39.2 Å². The van der Waals surface area contributed by atoms with Crippen LogP contribution in [0.2, 0.25) is 0 Å². The third-order valence-electron chi connectivity index (χ3n) is 5.43. The Labute approximate surface area is 110 Å². The van der Waals surface area contributed by atoms with Gasteiger partial charge in [-0.1, -0.05) is 6.42 Å². The lowest BCUT2D eigenvalue weighted by molar-refractivity contribution is 0.295. The Hall–Kier alpha value is -0.760. The summed E-state index contributed by atoms with van der Waals surface area (Å²) in [5, 5.41) is 0. The summed E-state index contributed by atoms with van der Waals surface area (Å²) in [4.78, 5) is 0. The Morgan fingerprint density at radius 3 is 2.44 bits per heavy atom. The molecule has 2 nitrogen and oxygen atoms in total. The summed E-state index contributed by atoms with van der Waals surface area (Å²) in [7, 11) is 0. The van der Waals surface area contributed by atoms with E-state index in [0.717, 1.165) is 35.7 Å². The molecule has 0 aromatic carbocycles. The van der Waals surface area contributed by atoms with Crippen LogP contribution in [0.25, 0.3) is 0 Å². The van der Waals surface area contributed by atoms with Crippen molar-refractivity contribution in [2.45, 2.75) is 58.9 Å². The molecule has 1 heterocycles. The van der Waals surface area contributed by atoms with Gasteiger partial charge in [0.25, 0.3) is 0 Å². The first-order valence-electron chi connectivity index (χ1n) is 7.38. The van der Waals surface area contributed by atoms with Crippen LogP contribution in [0.4, 0.5) is 0 Å². The van der Waals surface area contributed by atoms with E-state index in [4.69, 9.17) is 10.2 Å². The first kappa shape index (κ1) is 12.3. The molecule has 2 heteroatoms. The second kappa shape index (κ2) is 4.41. The molecule has 0 aliphatic heterocycles. The molecule has 18 heavy (non-hydrogen) atoms. The summed E-state index contributed by atoms with van der Waals surface area (Å²) in [6, 6.07) is 0.173. The Bertz CT molecular complexity index is 448. The van der Waals surface area contributed by atoms with Gasteiger partial charge in [0.05, 0.1) is 0 Å². The normalized spacial score (nSPS) is 32.1. The number of rotatable bonds is 3. The van der Waals surface area contributed by atoms with Crippen LogP contribution in [0.15, 0.2) is 4.42 Å². The van der Waals surface area contributed by atoms with E-state index in [-0.39, 0.29) is 6.04 Å². The molecule has 0 radical (unpaired) electrons. The predicted octanol–water partition coefficient (Wildman–Crippen LogP) is 4.03. The second-order valence-electron chi connectivity index (χ2n) is 6.53. The minimum absolute atomic E-state index is 0.173. The minimum Gasteiger partial charge on any atom is -0.466 e. The number of furan rings is 1. The van der Waals surface area contributed by atoms with Crippen LogP contribution in [-0.2, 0) is 0 Å². The highest BCUT2D eigenvalue weighted by molar-refractivity contribution is 5.34. The number of hydrogen-bond donors (Lipinski definition) is 1. The molecule has 2 N–H and O–H groups in total. The molecule has 0 amide bonds. The van der Waals surface area contributed by atoms with Crippen LogP contribution in [-0.4, -0.2) is 0 Å². The van der Waals surface area contributed by atoms with Gasteiger partial charge < -0.3 is 10.2 Å². The Morgan fingerprint density at radius 1 is 1.17 bits per heavy atom. The van der Waals surface area contributed by atoms with E-state index in [1.54, 1.807) is 0 Å². The molecule has 2 aliphatic rings. The van der Waals surface area contributed by atoms with Gasteiger partial charge in [-0.15, -0.1) is 0 Å². The van der Waals surface area contributed by atoms with Gasteiger partial charge in [-0.25, -0.2) is 0 Å². The molecular weight excluding hydrogens is 222 g/mol. The van der Waals surface area contributed by atoms with E-state index in [2.05, 4.69) is 13.8 Å². The van der Waals surface area contributed by atoms with Crippen LogP contribution in [0.3, 0.4) is 0 Å². The highest BCUT2D eigenvalue weighted by atomic mass is 16.3. The quantitative estimate of drug-likeness (QED) is 0.875. The first-order valence-corrected chi connectivity index (χ1v) is 7.38. The predicted molar refractivity (Wildman–Crippen MR) is 73.4 cm³/mol. The van der Waals surface area contributed by atoms with E-state index in [0.29, 0.717) is 0 Å². The Kier molecular flexibility index (Phi) is 3.01. The summed E-state index contributed by atoms with van der Waals surface area (Å²) >= 11 is 0. The van der Waals surface area contributed by atoms with E-state index >= 15 is 0 Å². The van der Waals surface area contributed by atoms with Crippen molar-refractivity contribution in [3.8, 4) is 0 Å². The average molecular weight is 247 g/mol. The van der Waals surface area contributed by atoms with Gasteiger partial charge in [0.2, 0.25) is 0 Å². The molecule has 3 rings (SSSR count). The second-order valence-corrected chi connectivity index (χ2v) is 6.53. The molecule has 4 unspecified atom stereocenters. The van der Waals surface area contributed by atoms with Crippen LogP contribution < -0.4 is 5.73 Å². The molecule has 2 bridgehead atoms. The minimum atomic E-state index is 0.173. The molecule has 100 valence electrons. The van der Waals surface area contributed by atoms with Crippen LogP contribution >= 0.6 is 0 Å². The van der Waals surface area contributed by atoms with Gasteiger partial charge in [0, 0.05) is 11.6 Å².